The van der Waals surface area contributed by atoms with Crippen LogP contribution in [0.4, 0.5) is 17.6 Å². The molecule has 0 amide bonds. The number of ether oxygens (including phenoxy) is 1. The fourth-order valence-corrected chi connectivity index (χ4v) is 3.80. The van der Waals surface area contributed by atoms with Crippen molar-refractivity contribution in [3.63, 3.8) is 0 Å². The summed E-state index contributed by atoms with van der Waals surface area (Å²) in [5, 5.41) is 3.34. The number of sulfonamides is 1. The van der Waals surface area contributed by atoms with Gasteiger partial charge in [0.05, 0.1) is 11.5 Å². The summed E-state index contributed by atoms with van der Waals surface area (Å²) in [4.78, 5) is 35.0. The summed E-state index contributed by atoms with van der Waals surface area (Å²) in [5.74, 6) is -5.05. The monoisotopic (exact) mass is 566 g/mol. The van der Waals surface area contributed by atoms with Gasteiger partial charge < -0.3 is 21.0 Å². The number of halogens is 4. The molecule has 12 nitrogen and oxygen atoms in total. The van der Waals surface area contributed by atoms with Crippen molar-refractivity contribution < 1.29 is 54.9 Å². The van der Waals surface area contributed by atoms with Crippen molar-refractivity contribution in [2.24, 2.45) is 16.6 Å². The van der Waals surface area contributed by atoms with Crippen LogP contribution in [0.3, 0.4) is 0 Å². The van der Waals surface area contributed by atoms with Crippen LogP contribution in [0, 0.1) is 5.82 Å². The fraction of sp³-hybridized carbons (Fsp3) is 0.286. The quantitative estimate of drug-likeness (QED) is 0.0845. The average molecular weight is 566 g/mol. The molecule has 38 heavy (non-hydrogen) atoms. The minimum Gasteiger partial charge on any atom is -0.493 e. The lowest BCUT2D eigenvalue weighted by Gasteiger charge is -2.17. The third-order valence-corrected chi connectivity index (χ3v) is 5.81. The lowest BCUT2D eigenvalue weighted by atomic mass is 10.1. The van der Waals surface area contributed by atoms with Crippen molar-refractivity contribution >= 4 is 27.9 Å². The number of guanidine groups is 1. The molecule has 17 heteroatoms. The fourth-order valence-electron chi connectivity index (χ4n) is 2.62. The van der Waals surface area contributed by atoms with Gasteiger partial charge in [-0.05, 0) is 53.5 Å². The smallest absolute Gasteiger partial charge is 0.493 e. The molecule has 0 unspecified atom stereocenters. The second kappa shape index (κ2) is 13.4. The average Bonchev–Trinajstić information content (AvgIpc) is 2.84. The predicted molar refractivity (Wildman–Crippen MR) is 121 cm³/mol. The standard InChI is InChI=1S/C21H22F4N4O8S/c22-14-4-8-16(9-5-14)38(32,33)29-17(18(30)36-37-19(31)21(23,24)25)12-13-2-6-15(7-3-13)34-10-1-11-35-28-20(26)27/h2-9,17,29H,1,10-12H2,(H4,26,27,28)/t17-/m0/s1. The molecule has 0 bridgehead atoms. The molecule has 2 rings (SSSR count). The molecule has 1 atom stereocenters. The number of hydrogen-bond donors (Lipinski definition) is 3. The van der Waals surface area contributed by atoms with Gasteiger partial charge in [-0.15, -0.1) is 0 Å². The predicted octanol–water partition coefficient (Wildman–Crippen LogP) is 1.25. The van der Waals surface area contributed by atoms with E-state index in [1.165, 1.54) is 24.3 Å². The molecule has 0 heterocycles. The van der Waals surface area contributed by atoms with E-state index < -0.39 is 51.3 Å². The molecule has 0 spiro atoms. The van der Waals surface area contributed by atoms with E-state index in [4.69, 9.17) is 21.0 Å². The van der Waals surface area contributed by atoms with E-state index in [9.17, 15) is 35.6 Å². The van der Waals surface area contributed by atoms with Crippen LogP contribution in [0.1, 0.15) is 12.0 Å². The van der Waals surface area contributed by atoms with Crippen LogP contribution in [-0.2, 0) is 40.6 Å². The lowest BCUT2D eigenvalue weighted by molar-refractivity contribution is -0.286. The highest BCUT2D eigenvalue weighted by atomic mass is 32.2. The lowest BCUT2D eigenvalue weighted by Crippen LogP contribution is -2.44. The van der Waals surface area contributed by atoms with Gasteiger partial charge in [0.25, 0.3) is 0 Å². The molecule has 5 N–H and O–H groups in total. The van der Waals surface area contributed by atoms with Crippen LogP contribution in [-0.4, -0.2) is 51.7 Å². The Balaban J connectivity index is 2.09. The zero-order chi connectivity index (χ0) is 28.3. The Hall–Kier alpha value is -4.12. The maximum absolute atomic E-state index is 13.2. The maximum Gasteiger partial charge on any atom is 0.495 e. The van der Waals surface area contributed by atoms with E-state index in [0.29, 0.717) is 17.7 Å². The maximum atomic E-state index is 13.2. The van der Waals surface area contributed by atoms with Crippen LogP contribution in [0.25, 0.3) is 0 Å². The molecule has 0 aromatic heterocycles. The molecule has 2 aromatic carbocycles. The second-order valence-electron chi connectivity index (χ2n) is 7.30. The van der Waals surface area contributed by atoms with E-state index in [-0.39, 0.29) is 19.2 Å². The molecule has 0 saturated carbocycles. The first-order chi connectivity index (χ1) is 17.8. The number of carbonyl (C=O) groups excluding carboxylic acids is 2. The highest BCUT2D eigenvalue weighted by molar-refractivity contribution is 7.89. The first-order valence-corrected chi connectivity index (χ1v) is 12.0. The summed E-state index contributed by atoms with van der Waals surface area (Å²) < 4.78 is 82.9. The van der Waals surface area contributed by atoms with Crippen LogP contribution in [0.5, 0.6) is 5.75 Å². The molecule has 0 aliphatic heterocycles. The topological polar surface area (TPSA) is 182 Å². The second-order valence-corrected chi connectivity index (χ2v) is 9.01. The Morgan fingerprint density at radius 1 is 0.974 bits per heavy atom. The highest BCUT2D eigenvalue weighted by Gasteiger charge is 2.43. The molecular weight excluding hydrogens is 544 g/mol. The number of carbonyl (C=O) groups is 2. The first kappa shape index (κ1) is 30.1. The largest absolute Gasteiger partial charge is 0.495 e. The van der Waals surface area contributed by atoms with Crippen LogP contribution >= 0.6 is 0 Å². The molecule has 0 aliphatic carbocycles. The van der Waals surface area contributed by atoms with E-state index in [0.717, 1.165) is 24.3 Å². The number of nitrogens with one attached hydrogen (secondary N) is 1. The number of nitrogens with zero attached hydrogens (tertiary/aromatic N) is 1. The summed E-state index contributed by atoms with van der Waals surface area (Å²) in [6, 6.07) is 7.50. The van der Waals surface area contributed by atoms with E-state index >= 15 is 0 Å². The van der Waals surface area contributed by atoms with Gasteiger partial charge in [-0.25, -0.2) is 32.2 Å². The molecule has 0 saturated heterocycles. The molecular formula is C21H22F4N4O8S. The van der Waals surface area contributed by atoms with E-state index in [2.05, 4.69) is 14.9 Å². The van der Waals surface area contributed by atoms with Gasteiger partial charge in [0.1, 0.15) is 24.2 Å². The zero-order valence-corrected chi connectivity index (χ0v) is 20.1. The summed E-state index contributed by atoms with van der Waals surface area (Å²) in [5.41, 5.74) is 10.5. The Kier molecular flexibility index (Phi) is 10.6. The third kappa shape index (κ3) is 10.1. The van der Waals surface area contributed by atoms with Gasteiger partial charge in [-0.2, -0.15) is 17.9 Å². The van der Waals surface area contributed by atoms with Crippen LogP contribution in [0.15, 0.2) is 58.6 Å². The molecule has 0 radical (unpaired) electrons. The number of oxime groups is 1. The molecule has 2 aromatic rings. The number of nitrogens with two attached hydrogens (primary N) is 2. The van der Waals surface area contributed by atoms with Gasteiger partial charge in [-0.3, -0.25) is 0 Å². The Bertz CT molecular complexity index is 1220. The normalized spacial score (nSPS) is 12.2. The van der Waals surface area contributed by atoms with Crippen molar-refractivity contribution in [1.82, 2.24) is 4.72 Å². The van der Waals surface area contributed by atoms with Crippen molar-refractivity contribution in [3.05, 3.63) is 59.9 Å². The Labute approximate surface area is 213 Å². The summed E-state index contributed by atoms with van der Waals surface area (Å²) in [6.07, 6.45) is -5.47. The van der Waals surface area contributed by atoms with Gasteiger partial charge in [0, 0.05) is 6.42 Å². The summed E-state index contributed by atoms with van der Waals surface area (Å²) >= 11 is 0. The van der Waals surface area contributed by atoms with Crippen LogP contribution < -0.4 is 20.9 Å². The van der Waals surface area contributed by atoms with Crippen molar-refractivity contribution in [1.29, 1.82) is 0 Å². The van der Waals surface area contributed by atoms with Crippen LogP contribution in [0.2, 0.25) is 0 Å². The van der Waals surface area contributed by atoms with E-state index in [1.54, 1.807) is 0 Å². The van der Waals surface area contributed by atoms with Gasteiger partial charge in [0.2, 0.25) is 16.0 Å². The Morgan fingerprint density at radius 2 is 1.61 bits per heavy atom. The SMILES string of the molecule is NC(N)=NOCCCOc1ccc(C[C@H](NS(=O)(=O)c2ccc(F)cc2)C(=O)OOC(=O)C(F)(F)F)cc1. The number of hydrogen-bond acceptors (Lipinski definition) is 9. The van der Waals surface area contributed by atoms with Gasteiger partial charge in [-0.1, -0.05) is 12.1 Å². The molecule has 0 aliphatic rings. The first-order valence-electron chi connectivity index (χ1n) is 10.5. The number of benzene rings is 2. The zero-order valence-electron chi connectivity index (χ0n) is 19.3. The van der Waals surface area contributed by atoms with Gasteiger partial charge >= 0.3 is 18.1 Å². The van der Waals surface area contributed by atoms with E-state index in [1.807, 2.05) is 4.72 Å². The van der Waals surface area contributed by atoms with Gasteiger partial charge in [0.15, 0.2) is 0 Å². The van der Waals surface area contributed by atoms with Crippen molar-refractivity contribution in [2.45, 2.75) is 30.0 Å². The summed E-state index contributed by atoms with van der Waals surface area (Å²) in [6.45, 7) is 0.392. The highest BCUT2D eigenvalue weighted by Crippen LogP contribution is 2.19. The minimum atomic E-state index is -5.46. The molecule has 208 valence electrons. The molecule has 0 fully saturated rings. The minimum absolute atomic E-state index is 0.173. The van der Waals surface area contributed by atoms with Crippen molar-refractivity contribution in [3.8, 4) is 5.75 Å². The number of alkyl halides is 3. The van der Waals surface area contributed by atoms with Crippen molar-refractivity contribution in [2.75, 3.05) is 13.2 Å². The summed E-state index contributed by atoms with van der Waals surface area (Å²) in [7, 11) is -4.48. The Morgan fingerprint density at radius 3 is 2.18 bits per heavy atom. The third-order valence-electron chi connectivity index (χ3n) is 4.32. The number of rotatable bonds is 12.